The van der Waals surface area contributed by atoms with Crippen LogP contribution in [0.5, 0.6) is 5.75 Å². The van der Waals surface area contributed by atoms with Crippen molar-refractivity contribution in [1.29, 1.82) is 0 Å². The van der Waals surface area contributed by atoms with Crippen molar-refractivity contribution in [3.05, 3.63) is 27.7 Å². The number of nitrogens with zero attached hydrogens (tertiary/aromatic N) is 1. The van der Waals surface area contributed by atoms with Crippen molar-refractivity contribution in [3.8, 4) is 5.75 Å². The SMILES string of the molecule is Cc1ccc(Br)c([C@@H](C2CCCCC2)N2CCNCC2)c1O. The van der Waals surface area contributed by atoms with Crippen LogP contribution in [0.15, 0.2) is 16.6 Å². The molecule has 1 atom stereocenters. The first kappa shape index (κ1) is 16.3. The number of nitrogens with one attached hydrogen (secondary N) is 1. The maximum atomic E-state index is 10.7. The molecular formula is C18H27BrN2O. The summed E-state index contributed by atoms with van der Waals surface area (Å²) >= 11 is 3.71. The smallest absolute Gasteiger partial charge is 0.124 e. The Morgan fingerprint density at radius 1 is 1.18 bits per heavy atom. The maximum Gasteiger partial charge on any atom is 0.124 e. The van der Waals surface area contributed by atoms with Crippen LogP contribution in [0, 0.1) is 12.8 Å². The zero-order chi connectivity index (χ0) is 15.5. The van der Waals surface area contributed by atoms with Gasteiger partial charge < -0.3 is 10.4 Å². The number of hydrogen-bond acceptors (Lipinski definition) is 3. The van der Waals surface area contributed by atoms with Crippen molar-refractivity contribution in [2.45, 2.75) is 45.1 Å². The molecule has 3 nitrogen and oxygen atoms in total. The summed E-state index contributed by atoms with van der Waals surface area (Å²) in [5.41, 5.74) is 2.10. The zero-order valence-corrected chi connectivity index (χ0v) is 15.0. The zero-order valence-electron chi connectivity index (χ0n) is 13.4. The van der Waals surface area contributed by atoms with Crippen molar-refractivity contribution >= 4 is 15.9 Å². The van der Waals surface area contributed by atoms with E-state index in [0.29, 0.717) is 17.7 Å². The fourth-order valence-electron chi connectivity index (χ4n) is 4.10. The molecule has 4 heteroatoms. The lowest BCUT2D eigenvalue weighted by Crippen LogP contribution is -2.47. The molecule has 0 bridgehead atoms. The lowest BCUT2D eigenvalue weighted by atomic mass is 9.79. The first-order chi connectivity index (χ1) is 10.7. The summed E-state index contributed by atoms with van der Waals surface area (Å²) in [6, 6.07) is 4.44. The minimum absolute atomic E-state index is 0.344. The third-order valence-corrected chi connectivity index (χ3v) is 5.99. The summed E-state index contributed by atoms with van der Waals surface area (Å²) in [4.78, 5) is 2.59. The molecule has 22 heavy (non-hydrogen) atoms. The summed E-state index contributed by atoms with van der Waals surface area (Å²) in [6.07, 6.45) is 6.60. The highest BCUT2D eigenvalue weighted by Crippen LogP contribution is 2.45. The minimum Gasteiger partial charge on any atom is -0.507 e. The number of rotatable bonds is 3. The number of piperazine rings is 1. The highest BCUT2D eigenvalue weighted by molar-refractivity contribution is 9.10. The Bertz CT molecular complexity index is 490. The van der Waals surface area contributed by atoms with Crippen LogP contribution >= 0.6 is 15.9 Å². The van der Waals surface area contributed by atoms with Crippen LogP contribution in [0.2, 0.25) is 0 Å². The van der Waals surface area contributed by atoms with Crippen LogP contribution < -0.4 is 5.32 Å². The van der Waals surface area contributed by atoms with Gasteiger partial charge in [-0.3, -0.25) is 4.90 Å². The summed E-state index contributed by atoms with van der Waals surface area (Å²) in [5, 5.41) is 14.2. The molecule has 1 aromatic rings. The highest BCUT2D eigenvalue weighted by atomic mass is 79.9. The summed E-state index contributed by atoms with van der Waals surface area (Å²) in [6.45, 7) is 6.24. The standard InChI is InChI=1S/C18H27BrN2O/c1-13-7-8-15(19)16(18(13)22)17(14-5-3-2-4-6-14)21-11-9-20-10-12-21/h7-8,14,17,20,22H,2-6,9-12H2,1H3/t17-/m1/s1. The van der Waals surface area contributed by atoms with E-state index in [1.54, 1.807) is 0 Å². The molecule has 0 amide bonds. The molecule has 2 fully saturated rings. The van der Waals surface area contributed by atoms with Gasteiger partial charge in [-0.25, -0.2) is 0 Å². The lowest BCUT2D eigenvalue weighted by molar-refractivity contribution is 0.101. The Balaban J connectivity index is 1.98. The van der Waals surface area contributed by atoms with E-state index in [-0.39, 0.29) is 0 Å². The van der Waals surface area contributed by atoms with Crippen molar-refractivity contribution in [3.63, 3.8) is 0 Å². The Labute approximate surface area is 142 Å². The van der Waals surface area contributed by atoms with E-state index in [2.05, 4.69) is 32.2 Å². The fraction of sp³-hybridized carbons (Fsp3) is 0.667. The molecule has 2 aliphatic rings. The molecule has 1 aliphatic heterocycles. The van der Waals surface area contributed by atoms with Gasteiger partial charge in [0.05, 0.1) is 0 Å². The average Bonchev–Trinajstić information content (AvgIpc) is 2.57. The van der Waals surface area contributed by atoms with E-state index < -0.39 is 0 Å². The van der Waals surface area contributed by atoms with Crippen molar-refractivity contribution < 1.29 is 5.11 Å². The molecule has 1 saturated carbocycles. The first-order valence-corrected chi connectivity index (χ1v) is 9.40. The second kappa shape index (κ2) is 7.33. The van der Waals surface area contributed by atoms with Gasteiger partial charge in [0.15, 0.2) is 0 Å². The second-order valence-electron chi connectivity index (χ2n) is 6.76. The number of halogens is 1. The number of hydrogen-bond donors (Lipinski definition) is 2. The molecule has 0 radical (unpaired) electrons. The largest absolute Gasteiger partial charge is 0.507 e. The third kappa shape index (κ3) is 3.34. The monoisotopic (exact) mass is 366 g/mol. The first-order valence-electron chi connectivity index (χ1n) is 8.61. The molecule has 0 spiro atoms. The van der Waals surface area contributed by atoms with E-state index >= 15 is 0 Å². The van der Waals surface area contributed by atoms with Crippen LogP contribution in [-0.2, 0) is 0 Å². The fourth-order valence-corrected chi connectivity index (χ4v) is 4.65. The molecular weight excluding hydrogens is 340 g/mol. The van der Waals surface area contributed by atoms with Gasteiger partial charge in [-0.05, 0) is 37.3 Å². The quantitative estimate of drug-likeness (QED) is 0.848. The molecule has 1 saturated heterocycles. The van der Waals surface area contributed by atoms with Crippen LogP contribution in [0.4, 0.5) is 0 Å². The Morgan fingerprint density at radius 2 is 1.86 bits per heavy atom. The van der Waals surface area contributed by atoms with E-state index in [1.807, 2.05) is 13.0 Å². The Hall–Kier alpha value is -0.580. The Kier molecular flexibility index (Phi) is 5.42. The van der Waals surface area contributed by atoms with Gasteiger partial charge in [0.25, 0.3) is 0 Å². The van der Waals surface area contributed by atoms with Crippen molar-refractivity contribution in [1.82, 2.24) is 10.2 Å². The van der Waals surface area contributed by atoms with Crippen LogP contribution in [0.3, 0.4) is 0 Å². The summed E-state index contributed by atoms with van der Waals surface area (Å²) in [5.74, 6) is 1.15. The van der Waals surface area contributed by atoms with Gasteiger partial charge in [-0.15, -0.1) is 0 Å². The normalized spacial score (nSPS) is 22.6. The predicted octanol–water partition coefficient (Wildman–Crippen LogP) is 3.99. The van der Waals surface area contributed by atoms with Crippen LogP contribution in [0.25, 0.3) is 0 Å². The molecule has 0 aromatic heterocycles. The van der Waals surface area contributed by atoms with Gasteiger partial charge in [0, 0.05) is 42.3 Å². The van der Waals surface area contributed by atoms with Gasteiger partial charge in [0.2, 0.25) is 0 Å². The van der Waals surface area contributed by atoms with Crippen LogP contribution in [-0.4, -0.2) is 36.2 Å². The van der Waals surface area contributed by atoms with E-state index in [4.69, 9.17) is 0 Å². The Morgan fingerprint density at radius 3 is 2.55 bits per heavy atom. The highest BCUT2D eigenvalue weighted by Gasteiger charge is 2.34. The molecule has 1 aromatic carbocycles. The molecule has 122 valence electrons. The number of aromatic hydroxyl groups is 1. The topological polar surface area (TPSA) is 35.5 Å². The summed E-state index contributed by atoms with van der Waals surface area (Å²) < 4.78 is 1.06. The van der Waals surface area contributed by atoms with Gasteiger partial charge >= 0.3 is 0 Å². The number of aryl methyl sites for hydroxylation is 1. The van der Waals surface area contributed by atoms with Crippen molar-refractivity contribution in [2.75, 3.05) is 26.2 Å². The molecule has 1 heterocycles. The average molecular weight is 367 g/mol. The minimum atomic E-state index is 0.344. The number of phenols is 1. The molecule has 3 rings (SSSR count). The predicted molar refractivity (Wildman–Crippen MR) is 94.3 cm³/mol. The second-order valence-corrected chi connectivity index (χ2v) is 7.61. The number of benzene rings is 1. The number of phenolic OH excluding ortho intramolecular Hbond substituents is 1. The van der Waals surface area contributed by atoms with E-state index in [1.165, 1.54) is 32.1 Å². The molecule has 1 aliphatic carbocycles. The van der Waals surface area contributed by atoms with E-state index in [9.17, 15) is 5.11 Å². The van der Waals surface area contributed by atoms with Crippen LogP contribution in [0.1, 0.15) is 49.3 Å². The van der Waals surface area contributed by atoms with Gasteiger partial charge in [-0.2, -0.15) is 0 Å². The lowest BCUT2D eigenvalue weighted by Gasteiger charge is -2.42. The molecule has 0 unspecified atom stereocenters. The van der Waals surface area contributed by atoms with Gasteiger partial charge in [0.1, 0.15) is 5.75 Å². The maximum absolute atomic E-state index is 10.7. The third-order valence-electron chi connectivity index (χ3n) is 5.30. The van der Waals surface area contributed by atoms with Crippen molar-refractivity contribution in [2.24, 2.45) is 5.92 Å². The molecule has 2 N–H and O–H groups in total. The van der Waals surface area contributed by atoms with E-state index in [0.717, 1.165) is 41.8 Å². The summed E-state index contributed by atoms with van der Waals surface area (Å²) in [7, 11) is 0. The van der Waals surface area contributed by atoms with Gasteiger partial charge in [-0.1, -0.05) is 41.3 Å².